The Balaban J connectivity index is 1.66. The minimum atomic E-state index is -0.131. The van der Waals surface area contributed by atoms with Crippen LogP contribution in [0, 0.1) is 12.3 Å². The number of nitrogens with one attached hydrogen (secondary N) is 2. The molecule has 1 aromatic heterocycles. The van der Waals surface area contributed by atoms with Gasteiger partial charge in [0.15, 0.2) is 0 Å². The zero-order valence-corrected chi connectivity index (χ0v) is 16.3. The third-order valence-electron chi connectivity index (χ3n) is 4.71. The Kier molecular flexibility index (Phi) is 5.22. The van der Waals surface area contributed by atoms with Crippen LogP contribution in [0.5, 0.6) is 0 Å². The maximum Gasteiger partial charge on any atom is 0.244 e. The largest absolute Gasteiger partial charge is 0.466 e. The first-order valence-electron chi connectivity index (χ1n) is 9.17. The summed E-state index contributed by atoms with van der Waals surface area (Å²) in [6.45, 7) is 7.80. The molecule has 3 rings (SSSR count). The summed E-state index contributed by atoms with van der Waals surface area (Å²) in [5.41, 5.74) is 2.80. The molecule has 0 fully saturated rings. The average Bonchev–Trinajstić information content (AvgIpc) is 2.92. The number of fused-ring (bicyclic) bond motifs is 1. The van der Waals surface area contributed by atoms with Crippen LogP contribution < -0.4 is 10.6 Å². The fourth-order valence-electron chi connectivity index (χ4n) is 3.59. The van der Waals surface area contributed by atoms with E-state index in [1.807, 2.05) is 37.3 Å². The Bertz CT molecular complexity index is 875. The van der Waals surface area contributed by atoms with Gasteiger partial charge in [-0.1, -0.05) is 26.0 Å². The molecule has 2 amide bonds. The zero-order valence-electron chi connectivity index (χ0n) is 16.3. The van der Waals surface area contributed by atoms with Crippen molar-refractivity contribution in [1.82, 2.24) is 5.32 Å². The zero-order chi connectivity index (χ0) is 19.6. The van der Waals surface area contributed by atoms with E-state index in [9.17, 15) is 9.59 Å². The number of amides is 2. The van der Waals surface area contributed by atoms with E-state index in [2.05, 4.69) is 24.5 Å². The van der Waals surface area contributed by atoms with Crippen molar-refractivity contribution in [2.75, 3.05) is 5.32 Å². The number of carbonyl (C=O) groups is 2. The first kappa shape index (κ1) is 19.0. The molecule has 0 saturated carbocycles. The third-order valence-corrected chi connectivity index (χ3v) is 4.71. The molecule has 1 aliphatic carbocycles. The topological polar surface area (TPSA) is 71.3 Å². The first-order valence-corrected chi connectivity index (χ1v) is 9.17. The molecule has 1 heterocycles. The van der Waals surface area contributed by atoms with E-state index in [0.717, 1.165) is 41.2 Å². The van der Waals surface area contributed by atoms with Gasteiger partial charge in [-0.2, -0.15) is 0 Å². The monoisotopic (exact) mass is 366 g/mol. The number of carbonyl (C=O) groups excluding carboxylic acids is 2. The van der Waals surface area contributed by atoms with Gasteiger partial charge < -0.3 is 15.1 Å². The summed E-state index contributed by atoms with van der Waals surface area (Å²) in [6, 6.07) is 9.32. The highest BCUT2D eigenvalue weighted by Crippen LogP contribution is 2.41. The van der Waals surface area contributed by atoms with Gasteiger partial charge in [0.05, 0.1) is 6.04 Å². The van der Waals surface area contributed by atoms with Crippen LogP contribution >= 0.6 is 0 Å². The van der Waals surface area contributed by atoms with Crippen molar-refractivity contribution in [2.45, 2.75) is 46.6 Å². The van der Waals surface area contributed by atoms with Gasteiger partial charge in [0, 0.05) is 30.7 Å². The molecular formula is C22H26N2O3. The van der Waals surface area contributed by atoms with Crippen molar-refractivity contribution in [1.29, 1.82) is 0 Å². The molecule has 0 bridgehead atoms. The second kappa shape index (κ2) is 7.43. The number of hydrogen-bond acceptors (Lipinski definition) is 3. The Morgan fingerprint density at radius 1 is 1.22 bits per heavy atom. The van der Waals surface area contributed by atoms with Crippen LogP contribution in [0.15, 0.2) is 40.8 Å². The van der Waals surface area contributed by atoms with E-state index in [4.69, 9.17) is 4.42 Å². The molecule has 0 saturated heterocycles. The third kappa shape index (κ3) is 4.88. The SMILES string of the molecule is CC(=O)Nc1ccc(/C=C/C(=O)NC2CC(C)(C)Cc3oc(C)cc32)cc1. The average molecular weight is 366 g/mol. The highest BCUT2D eigenvalue weighted by atomic mass is 16.3. The van der Waals surface area contributed by atoms with Gasteiger partial charge in [-0.15, -0.1) is 0 Å². The van der Waals surface area contributed by atoms with E-state index < -0.39 is 0 Å². The van der Waals surface area contributed by atoms with Gasteiger partial charge in [0.25, 0.3) is 0 Å². The van der Waals surface area contributed by atoms with Crippen molar-refractivity contribution in [3.63, 3.8) is 0 Å². The van der Waals surface area contributed by atoms with Crippen LogP contribution in [0.25, 0.3) is 6.08 Å². The molecule has 1 unspecified atom stereocenters. The van der Waals surface area contributed by atoms with Gasteiger partial charge in [0.2, 0.25) is 11.8 Å². The van der Waals surface area contributed by atoms with Crippen molar-refractivity contribution in [2.24, 2.45) is 5.41 Å². The normalized spacial score (nSPS) is 18.1. The van der Waals surface area contributed by atoms with Crippen LogP contribution in [0.4, 0.5) is 5.69 Å². The van der Waals surface area contributed by atoms with Crippen LogP contribution in [0.3, 0.4) is 0 Å². The quantitative estimate of drug-likeness (QED) is 0.789. The number of hydrogen-bond donors (Lipinski definition) is 2. The van der Waals surface area contributed by atoms with E-state index in [1.165, 1.54) is 6.92 Å². The van der Waals surface area contributed by atoms with Gasteiger partial charge >= 0.3 is 0 Å². The molecule has 0 spiro atoms. The molecule has 0 aliphatic heterocycles. The van der Waals surface area contributed by atoms with Gasteiger partial charge in [-0.05, 0) is 48.6 Å². The highest BCUT2D eigenvalue weighted by molar-refractivity contribution is 5.92. The van der Waals surface area contributed by atoms with Gasteiger partial charge in [-0.25, -0.2) is 0 Å². The number of anilines is 1. The second-order valence-corrected chi connectivity index (χ2v) is 7.98. The molecule has 1 atom stereocenters. The molecule has 142 valence electrons. The summed E-state index contributed by atoms with van der Waals surface area (Å²) in [5, 5.41) is 5.83. The van der Waals surface area contributed by atoms with Crippen LogP contribution in [-0.2, 0) is 16.0 Å². The van der Waals surface area contributed by atoms with Crippen molar-refractivity contribution >= 4 is 23.6 Å². The predicted octanol–water partition coefficient (Wildman–Crippen LogP) is 4.39. The summed E-state index contributed by atoms with van der Waals surface area (Å²) in [6.07, 6.45) is 5.08. The van der Waals surface area contributed by atoms with Crippen LogP contribution in [-0.4, -0.2) is 11.8 Å². The maximum absolute atomic E-state index is 12.4. The predicted molar refractivity (Wildman–Crippen MR) is 106 cm³/mol. The molecular weight excluding hydrogens is 340 g/mol. The number of rotatable bonds is 4. The molecule has 2 aromatic rings. The Labute approximate surface area is 159 Å². The molecule has 1 aliphatic rings. The Hall–Kier alpha value is -2.82. The summed E-state index contributed by atoms with van der Waals surface area (Å²) >= 11 is 0. The van der Waals surface area contributed by atoms with E-state index in [-0.39, 0.29) is 23.3 Å². The van der Waals surface area contributed by atoms with Crippen molar-refractivity contribution < 1.29 is 14.0 Å². The molecule has 5 heteroatoms. The van der Waals surface area contributed by atoms with Crippen LogP contribution in [0.1, 0.15) is 55.9 Å². The molecule has 27 heavy (non-hydrogen) atoms. The van der Waals surface area contributed by atoms with Crippen molar-refractivity contribution in [3.05, 3.63) is 59.1 Å². The molecule has 2 N–H and O–H groups in total. The minimum Gasteiger partial charge on any atom is -0.466 e. The number of furan rings is 1. The molecule has 1 aromatic carbocycles. The molecule has 5 nitrogen and oxygen atoms in total. The number of aryl methyl sites for hydroxylation is 1. The second-order valence-electron chi connectivity index (χ2n) is 7.98. The van der Waals surface area contributed by atoms with E-state index in [1.54, 1.807) is 12.2 Å². The fraction of sp³-hybridized carbons (Fsp3) is 0.364. The first-order chi connectivity index (χ1) is 12.7. The van der Waals surface area contributed by atoms with Gasteiger partial charge in [-0.3, -0.25) is 9.59 Å². The van der Waals surface area contributed by atoms with E-state index in [0.29, 0.717) is 0 Å². The van der Waals surface area contributed by atoms with Crippen molar-refractivity contribution in [3.8, 4) is 0 Å². The standard InChI is InChI=1S/C22H26N2O3/c1-14-11-18-19(12-22(3,4)13-20(18)27-14)24-21(26)10-7-16-5-8-17(9-6-16)23-15(2)25/h5-11,19H,12-13H2,1-4H3,(H,23,25)(H,24,26)/b10-7+. The summed E-state index contributed by atoms with van der Waals surface area (Å²) in [4.78, 5) is 23.5. The lowest BCUT2D eigenvalue weighted by Crippen LogP contribution is -2.35. The smallest absolute Gasteiger partial charge is 0.244 e. The lowest BCUT2D eigenvalue weighted by Gasteiger charge is -2.34. The lowest BCUT2D eigenvalue weighted by atomic mass is 9.74. The van der Waals surface area contributed by atoms with Gasteiger partial charge in [0.1, 0.15) is 11.5 Å². The lowest BCUT2D eigenvalue weighted by molar-refractivity contribution is -0.117. The van der Waals surface area contributed by atoms with Crippen LogP contribution in [0.2, 0.25) is 0 Å². The highest BCUT2D eigenvalue weighted by Gasteiger charge is 2.35. The summed E-state index contributed by atoms with van der Waals surface area (Å²) in [5.74, 6) is 1.62. The maximum atomic E-state index is 12.4. The summed E-state index contributed by atoms with van der Waals surface area (Å²) < 4.78 is 5.82. The Morgan fingerprint density at radius 3 is 2.59 bits per heavy atom. The number of benzene rings is 1. The van der Waals surface area contributed by atoms with E-state index >= 15 is 0 Å². The fourth-order valence-corrected chi connectivity index (χ4v) is 3.59. The Morgan fingerprint density at radius 2 is 1.93 bits per heavy atom. The summed E-state index contributed by atoms with van der Waals surface area (Å²) in [7, 11) is 0. The minimum absolute atomic E-state index is 0.0412. The molecule has 0 radical (unpaired) electrons.